The number of hydrogen-bond donors (Lipinski definition) is 1. The maximum atomic E-state index is 13.2. The molecule has 0 aliphatic heterocycles. The van der Waals surface area contributed by atoms with Crippen molar-refractivity contribution in [2.24, 2.45) is 0 Å². The van der Waals surface area contributed by atoms with Crippen LogP contribution in [0.25, 0.3) is 0 Å². The molecule has 1 N–H and O–H groups in total. The van der Waals surface area contributed by atoms with Crippen LogP contribution in [0.15, 0.2) is 86.6 Å². The standard InChI is InChI=1S/C21H17Br2ClN2O3S/c22-16-6-4-15(5-7-16)13-26(30(28,29)20-10-8-18(24)9-11-20)14-21(27)25-19-3-1-2-17(23)12-19/h1-12H,13-14H2,(H,25,27). The number of carbonyl (C=O) groups excluding carboxylic acids is 1. The summed E-state index contributed by atoms with van der Waals surface area (Å²) in [6, 6.07) is 20.2. The first-order valence-corrected chi connectivity index (χ1v) is 12.2. The largest absolute Gasteiger partial charge is 0.325 e. The summed E-state index contributed by atoms with van der Waals surface area (Å²) >= 11 is 12.6. The summed E-state index contributed by atoms with van der Waals surface area (Å²) in [4.78, 5) is 12.7. The Morgan fingerprint density at radius 3 is 2.23 bits per heavy atom. The van der Waals surface area contributed by atoms with E-state index in [4.69, 9.17) is 11.6 Å². The molecular formula is C21H17Br2ClN2O3S. The monoisotopic (exact) mass is 570 g/mol. The van der Waals surface area contributed by atoms with E-state index < -0.39 is 15.9 Å². The number of rotatable bonds is 7. The van der Waals surface area contributed by atoms with Crippen LogP contribution in [0.3, 0.4) is 0 Å². The number of carbonyl (C=O) groups is 1. The van der Waals surface area contributed by atoms with E-state index in [1.54, 1.807) is 30.3 Å². The molecule has 0 saturated heterocycles. The predicted octanol–water partition coefficient (Wildman–Crippen LogP) is 5.69. The lowest BCUT2D eigenvalue weighted by atomic mass is 10.2. The highest BCUT2D eigenvalue weighted by Crippen LogP contribution is 2.22. The molecule has 9 heteroatoms. The van der Waals surface area contributed by atoms with Gasteiger partial charge in [-0.25, -0.2) is 8.42 Å². The van der Waals surface area contributed by atoms with Gasteiger partial charge in [0.05, 0.1) is 11.4 Å². The van der Waals surface area contributed by atoms with E-state index >= 15 is 0 Å². The van der Waals surface area contributed by atoms with Gasteiger partial charge < -0.3 is 5.32 Å². The minimum absolute atomic E-state index is 0.0458. The van der Waals surface area contributed by atoms with Gasteiger partial charge in [0.1, 0.15) is 0 Å². The number of anilines is 1. The van der Waals surface area contributed by atoms with Crippen LogP contribution in [0.4, 0.5) is 5.69 Å². The molecule has 0 radical (unpaired) electrons. The summed E-state index contributed by atoms with van der Waals surface area (Å²) in [6.45, 7) is -0.294. The summed E-state index contributed by atoms with van der Waals surface area (Å²) in [6.07, 6.45) is 0. The summed E-state index contributed by atoms with van der Waals surface area (Å²) in [5, 5.41) is 3.17. The van der Waals surface area contributed by atoms with Gasteiger partial charge in [-0.3, -0.25) is 4.79 Å². The molecule has 0 aliphatic carbocycles. The third-order valence-electron chi connectivity index (χ3n) is 4.15. The van der Waals surface area contributed by atoms with E-state index in [0.717, 1.165) is 18.8 Å². The highest BCUT2D eigenvalue weighted by Gasteiger charge is 2.27. The second-order valence-corrected chi connectivity index (χ2v) is 10.6. The molecule has 0 atom stereocenters. The molecule has 0 saturated carbocycles. The quantitative estimate of drug-likeness (QED) is 0.395. The molecule has 3 aromatic carbocycles. The molecule has 3 aromatic rings. The van der Waals surface area contributed by atoms with Gasteiger partial charge in [-0.05, 0) is 60.2 Å². The molecule has 156 valence electrons. The van der Waals surface area contributed by atoms with Crippen LogP contribution >= 0.6 is 43.5 Å². The lowest BCUT2D eigenvalue weighted by Gasteiger charge is -2.22. The number of nitrogens with one attached hydrogen (secondary N) is 1. The average Bonchev–Trinajstić information content (AvgIpc) is 2.69. The Morgan fingerprint density at radius 2 is 1.60 bits per heavy atom. The fraction of sp³-hybridized carbons (Fsp3) is 0.0952. The number of benzene rings is 3. The highest BCUT2D eigenvalue weighted by atomic mass is 79.9. The molecule has 0 aliphatic rings. The molecule has 30 heavy (non-hydrogen) atoms. The van der Waals surface area contributed by atoms with Crippen LogP contribution in [-0.4, -0.2) is 25.2 Å². The van der Waals surface area contributed by atoms with Gasteiger partial charge in [0.15, 0.2) is 0 Å². The Balaban J connectivity index is 1.87. The van der Waals surface area contributed by atoms with Crippen molar-refractivity contribution in [3.63, 3.8) is 0 Å². The summed E-state index contributed by atoms with van der Waals surface area (Å²) < 4.78 is 29.3. The molecule has 1 amide bonds. The van der Waals surface area contributed by atoms with Crippen molar-refractivity contribution >= 4 is 65.1 Å². The minimum atomic E-state index is -3.93. The van der Waals surface area contributed by atoms with Crippen LogP contribution in [0.2, 0.25) is 5.02 Å². The van der Waals surface area contributed by atoms with Crippen molar-refractivity contribution < 1.29 is 13.2 Å². The first kappa shape index (κ1) is 23.0. The second kappa shape index (κ2) is 10.1. The van der Waals surface area contributed by atoms with Crippen LogP contribution in [-0.2, 0) is 21.4 Å². The Bertz CT molecular complexity index is 1140. The second-order valence-electron chi connectivity index (χ2n) is 6.41. The van der Waals surface area contributed by atoms with E-state index in [0.29, 0.717) is 10.7 Å². The van der Waals surface area contributed by atoms with Crippen LogP contribution in [0.5, 0.6) is 0 Å². The Labute approximate surface area is 197 Å². The molecule has 0 aromatic heterocycles. The number of halogens is 3. The first-order valence-electron chi connectivity index (χ1n) is 8.79. The van der Waals surface area contributed by atoms with Crippen molar-refractivity contribution in [1.82, 2.24) is 4.31 Å². The number of sulfonamides is 1. The molecule has 0 unspecified atom stereocenters. The van der Waals surface area contributed by atoms with E-state index in [9.17, 15) is 13.2 Å². The van der Waals surface area contributed by atoms with Crippen LogP contribution < -0.4 is 5.32 Å². The van der Waals surface area contributed by atoms with Crippen LogP contribution in [0, 0.1) is 0 Å². The van der Waals surface area contributed by atoms with Crippen molar-refractivity contribution in [2.45, 2.75) is 11.4 Å². The first-order chi connectivity index (χ1) is 14.2. The zero-order valence-electron chi connectivity index (χ0n) is 15.6. The van der Waals surface area contributed by atoms with E-state index in [1.807, 2.05) is 18.2 Å². The smallest absolute Gasteiger partial charge is 0.243 e. The minimum Gasteiger partial charge on any atom is -0.325 e. The summed E-state index contributed by atoms with van der Waals surface area (Å²) in [5.41, 5.74) is 1.33. The topological polar surface area (TPSA) is 66.5 Å². The third-order valence-corrected chi connectivity index (χ3v) is 7.23. The highest BCUT2D eigenvalue weighted by molar-refractivity contribution is 9.10. The van der Waals surface area contributed by atoms with Gasteiger partial charge in [0.2, 0.25) is 15.9 Å². The van der Waals surface area contributed by atoms with E-state index in [1.165, 1.54) is 24.3 Å². The predicted molar refractivity (Wildman–Crippen MR) is 126 cm³/mol. The lowest BCUT2D eigenvalue weighted by molar-refractivity contribution is -0.116. The normalized spacial score (nSPS) is 11.5. The van der Waals surface area contributed by atoms with Crippen molar-refractivity contribution in [2.75, 3.05) is 11.9 Å². The lowest BCUT2D eigenvalue weighted by Crippen LogP contribution is -2.37. The molecule has 0 fully saturated rings. The van der Waals surface area contributed by atoms with Crippen molar-refractivity contribution in [3.05, 3.63) is 92.3 Å². The van der Waals surface area contributed by atoms with Gasteiger partial charge >= 0.3 is 0 Å². The maximum absolute atomic E-state index is 13.2. The molecule has 3 rings (SSSR count). The SMILES string of the molecule is O=C(CN(Cc1ccc(Br)cc1)S(=O)(=O)c1ccc(Cl)cc1)Nc1cccc(Br)c1. The van der Waals surface area contributed by atoms with Gasteiger partial charge in [0, 0.05) is 26.2 Å². The van der Waals surface area contributed by atoms with Gasteiger partial charge in [-0.2, -0.15) is 4.31 Å². The number of hydrogen-bond acceptors (Lipinski definition) is 3. The van der Waals surface area contributed by atoms with Gasteiger partial charge in [-0.1, -0.05) is 61.7 Å². The summed E-state index contributed by atoms with van der Waals surface area (Å²) in [7, 11) is -3.93. The Morgan fingerprint density at radius 1 is 0.933 bits per heavy atom. The fourth-order valence-electron chi connectivity index (χ4n) is 2.70. The summed E-state index contributed by atoms with van der Waals surface area (Å²) in [5.74, 6) is -0.442. The number of nitrogens with zero attached hydrogens (tertiary/aromatic N) is 1. The van der Waals surface area contributed by atoms with Crippen LogP contribution in [0.1, 0.15) is 5.56 Å². The van der Waals surface area contributed by atoms with Crippen molar-refractivity contribution in [3.8, 4) is 0 Å². The van der Waals surface area contributed by atoms with Crippen molar-refractivity contribution in [1.29, 1.82) is 0 Å². The Kier molecular flexibility index (Phi) is 7.70. The molecule has 0 bridgehead atoms. The van der Waals surface area contributed by atoms with Gasteiger partial charge in [0.25, 0.3) is 0 Å². The maximum Gasteiger partial charge on any atom is 0.243 e. The molecular weight excluding hydrogens is 556 g/mol. The van der Waals surface area contributed by atoms with E-state index in [-0.39, 0.29) is 18.0 Å². The fourth-order valence-corrected chi connectivity index (χ4v) is 4.88. The van der Waals surface area contributed by atoms with Gasteiger partial charge in [-0.15, -0.1) is 0 Å². The average molecular weight is 573 g/mol. The zero-order chi connectivity index (χ0) is 21.7. The zero-order valence-corrected chi connectivity index (χ0v) is 20.3. The third kappa shape index (κ3) is 6.15. The Hall–Kier alpha value is -1.71. The molecule has 5 nitrogen and oxygen atoms in total. The molecule has 0 spiro atoms. The molecule has 0 heterocycles. The number of amides is 1. The van der Waals surface area contributed by atoms with E-state index in [2.05, 4.69) is 37.2 Å².